The van der Waals surface area contributed by atoms with Crippen LogP contribution in [0.4, 0.5) is 8.78 Å². The van der Waals surface area contributed by atoms with Gasteiger partial charge < -0.3 is 9.72 Å². The molecule has 1 aromatic rings. The number of aromatic nitrogens is 1. The van der Waals surface area contributed by atoms with Gasteiger partial charge in [-0.2, -0.15) is 0 Å². The Bertz CT molecular complexity index is 473. The summed E-state index contributed by atoms with van der Waals surface area (Å²) in [6.07, 6.45) is -3.14. The maximum absolute atomic E-state index is 12.8. The number of halogens is 3. The molecule has 0 aromatic carbocycles. The predicted octanol–water partition coefficient (Wildman–Crippen LogP) is 2.18. The van der Waals surface area contributed by atoms with Crippen molar-refractivity contribution in [3.63, 3.8) is 0 Å². The van der Waals surface area contributed by atoms with Gasteiger partial charge in [-0.1, -0.05) is 0 Å². The third kappa shape index (κ3) is 3.62. The van der Waals surface area contributed by atoms with E-state index in [0.29, 0.717) is 0 Å². The summed E-state index contributed by atoms with van der Waals surface area (Å²) in [7, 11) is 0. The molecule has 1 aromatic heterocycles. The lowest BCUT2D eigenvalue weighted by Gasteiger charge is -2.09. The summed E-state index contributed by atoms with van der Waals surface area (Å²) in [5, 5.41) is 0. The van der Waals surface area contributed by atoms with Gasteiger partial charge in [-0.25, -0.2) is 8.78 Å². The van der Waals surface area contributed by atoms with Crippen molar-refractivity contribution in [2.45, 2.75) is 19.8 Å². The predicted molar refractivity (Wildman–Crippen MR) is 60.1 cm³/mol. The molecule has 0 saturated carbocycles. The molecular weight excluding hydrogens is 300 g/mol. The summed E-state index contributed by atoms with van der Waals surface area (Å²) >= 11 is 2.84. The number of rotatable bonds is 4. The van der Waals surface area contributed by atoms with Crippen molar-refractivity contribution in [2.75, 3.05) is 6.61 Å². The number of nitrogens with one attached hydrogen (secondary N) is 1. The largest absolute Gasteiger partial charge is 0.466 e. The SMILES string of the molecule is CCOC(=O)Cc1cc(=O)[nH]c(Br)c1C(F)F. The second-order valence-corrected chi connectivity index (χ2v) is 3.96. The molecule has 0 unspecified atom stereocenters. The number of esters is 1. The minimum Gasteiger partial charge on any atom is -0.466 e. The molecule has 0 saturated heterocycles. The van der Waals surface area contributed by atoms with E-state index >= 15 is 0 Å². The van der Waals surface area contributed by atoms with Gasteiger partial charge in [-0.15, -0.1) is 0 Å². The Hall–Kier alpha value is -1.24. The third-order valence-corrected chi connectivity index (χ3v) is 2.60. The van der Waals surface area contributed by atoms with Gasteiger partial charge in [-0.05, 0) is 28.4 Å². The van der Waals surface area contributed by atoms with Crippen molar-refractivity contribution in [1.29, 1.82) is 0 Å². The summed E-state index contributed by atoms with van der Waals surface area (Å²) in [6, 6.07) is 0.975. The molecule has 0 aliphatic heterocycles. The number of ether oxygens (including phenoxy) is 1. The number of hydrogen-bond acceptors (Lipinski definition) is 3. The number of aromatic amines is 1. The van der Waals surface area contributed by atoms with E-state index in [0.717, 1.165) is 6.07 Å². The average Bonchev–Trinajstić information content (AvgIpc) is 2.15. The summed E-state index contributed by atoms with van der Waals surface area (Å²) in [5.74, 6) is -0.646. The Morgan fingerprint density at radius 1 is 1.59 bits per heavy atom. The number of alkyl halides is 2. The summed E-state index contributed by atoms with van der Waals surface area (Å²) in [4.78, 5) is 24.6. The van der Waals surface area contributed by atoms with Crippen molar-refractivity contribution < 1.29 is 18.3 Å². The molecule has 0 fully saturated rings. The zero-order valence-electron chi connectivity index (χ0n) is 8.93. The van der Waals surface area contributed by atoms with Crippen molar-refractivity contribution in [2.24, 2.45) is 0 Å². The van der Waals surface area contributed by atoms with E-state index in [9.17, 15) is 18.4 Å². The monoisotopic (exact) mass is 309 g/mol. The van der Waals surface area contributed by atoms with Gasteiger partial charge in [0.1, 0.15) is 0 Å². The van der Waals surface area contributed by atoms with Crippen LogP contribution in [0, 0.1) is 0 Å². The highest BCUT2D eigenvalue weighted by molar-refractivity contribution is 9.10. The lowest BCUT2D eigenvalue weighted by atomic mass is 10.1. The molecule has 0 atom stereocenters. The van der Waals surface area contributed by atoms with Gasteiger partial charge >= 0.3 is 5.97 Å². The summed E-state index contributed by atoms with van der Waals surface area (Å²) in [6.45, 7) is 1.77. The molecule has 0 aliphatic carbocycles. The first kappa shape index (κ1) is 13.8. The third-order valence-electron chi connectivity index (χ3n) is 1.98. The van der Waals surface area contributed by atoms with Gasteiger partial charge in [0.2, 0.25) is 5.56 Å². The molecule has 0 bridgehead atoms. The topological polar surface area (TPSA) is 59.2 Å². The lowest BCUT2D eigenvalue weighted by Crippen LogP contribution is -2.15. The van der Waals surface area contributed by atoms with Gasteiger partial charge in [0.15, 0.2) is 0 Å². The minimum atomic E-state index is -2.79. The van der Waals surface area contributed by atoms with Crippen LogP contribution in [-0.2, 0) is 16.0 Å². The second kappa shape index (κ2) is 5.90. The number of pyridine rings is 1. The zero-order chi connectivity index (χ0) is 13.0. The van der Waals surface area contributed by atoms with Crippen molar-refractivity contribution >= 4 is 21.9 Å². The van der Waals surface area contributed by atoms with Gasteiger partial charge in [-0.3, -0.25) is 9.59 Å². The maximum Gasteiger partial charge on any atom is 0.310 e. The molecule has 17 heavy (non-hydrogen) atoms. The van der Waals surface area contributed by atoms with Crippen LogP contribution in [0.2, 0.25) is 0 Å². The van der Waals surface area contributed by atoms with Crippen LogP contribution in [0.1, 0.15) is 24.5 Å². The number of hydrogen-bond donors (Lipinski definition) is 1. The first-order valence-corrected chi connectivity index (χ1v) is 5.60. The van der Waals surface area contributed by atoms with Crippen molar-refractivity contribution in [3.05, 3.63) is 32.2 Å². The molecule has 0 aliphatic rings. The number of H-pyrrole nitrogens is 1. The van der Waals surface area contributed by atoms with E-state index in [4.69, 9.17) is 0 Å². The molecule has 1 heterocycles. The Morgan fingerprint density at radius 3 is 2.76 bits per heavy atom. The van der Waals surface area contributed by atoms with Crippen LogP contribution in [0.5, 0.6) is 0 Å². The highest BCUT2D eigenvalue weighted by Crippen LogP contribution is 2.28. The molecule has 1 rings (SSSR count). The second-order valence-electron chi connectivity index (χ2n) is 3.17. The summed E-state index contributed by atoms with van der Waals surface area (Å²) in [5.41, 5.74) is -0.979. The quantitative estimate of drug-likeness (QED) is 0.685. The van der Waals surface area contributed by atoms with Crippen LogP contribution >= 0.6 is 15.9 Å². The van der Waals surface area contributed by atoms with Crippen molar-refractivity contribution in [3.8, 4) is 0 Å². The first-order chi connectivity index (χ1) is 7.95. The van der Waals surface area contributed by atoms with Gasteiger partial charge in [0.25, 0.3) is 6.43 Å². The Kier molecular flexibility index (Phi) is 4.80. The molecule has 94 valence electrons. The molecule has 4 nitrogen and oxygen atoms in total. The van der Waals surface area contributed by atoms with Crippen LogP contribution in [0.3, 0.4) is 0 Å². The van der Waals surface area contributed by atoms with E-state index in [2.05, 4.69) is 25.7 Å². The van der Waals surface area contributed by atoms with E-state index in [1.165, 1.54) is 0 Å². The normalized spacial score (nSPS) is 10.6. The molecule has 1 N–H and O–H groups in total. The maximum atomic E-state index is 12.8. The highest BCUT2D eigenvalue weighted by atomic mass is 79.9. The first-order valence-electron chi connectivity index (χ1n) is 4.81. The summed E-state index contributed by atoms with van der Waals surface area (Å²) < 4.78 is 30.0. The Morgan fingerprint density at radius 2 is 2.24 bits per heavy atom. The van der Waals surface area contributed by atoms with E-state index in [1.54, 1.807) is 6.92 Å². The van der Waals surface area contributed by atoms with Crippen LogP contribution in [-0.4, -0.2) is 17.6 Å². The number of carbonyl (C=O) groups is 1. The highest BCUT2D eigenvalue weighted by Gasteiger charge is 2.20. The molecule has 0 spiro atoms. The fraction of sp³-hybridized carbons (Fsp3) is 0.400. The van der Waals surface area contributed by atoms with Crippen LogP contribution < -0.4 is 5.56 Å². The minimum absolute atomic E-state index is 0.0333. The van der Waals surface area contributed by atoms with Gasteiger partial charge in [0, 0.05) is 6.07 Å². The standard InChI is InChI=1S/C10H10BrF2NO3/c1-2-17-7(16)4-5-3-6(15)14-9(11)8(5)10(12)13/h3,10H,2,4H2,1H3,(H,14,15). The average molecular weight is 310 g/mol. The van der Waals surface area contributed by atoms with E-state index in [-0.39, 0.29) is 23.2 Å². The van der Waals surface area contributed by atoms with Crippen molar-refractivity contribution in [1.82, 2.24) is 4.98 Å². The zero-order valence-corrected chi connectivity index (χ0v) is 10.5. The van der Waals surface area contributed by atoms with Crippen LogP contribution in [0.25, 0.3) is 0 Å². The number of carbonyl (C=O) groups excluding carboxylic acids is 1. The van der Waals surface area contributed by atoms with Gasteiger partial charge in [0.05, 0.1) is 23.2 Å². The van der Waals surface area contributed by atoms with Crippen LogP contribution in [0.15, 0.2) is 15.5 Å². The molecule has 0 amide bonds. The smallest absolute Gasteiger partial charge is 0.310 e. The lowest BCUT2D eigenvalue weighted by molar-refractivity contribution is -0.142. The fourth-order valence-corrected chi connectivity index (χ4v) is 1.96. The Balaban J connectivity index is 3.12. The van der Waals surface area contributed by atoms with E-state index in [1.807, 2.05) is 0 Å². The fourth-order valence-electron chi connectivity index (χ4n) is 1.34. The molecular formula is C10H10BrF2NO3. The van der Waals surface area contributed by atoms with E-state index < -0.39 is 23.5 Å². The molecule has 7 heteroatoms. The molecule has 0 radical (unpaired) electrons. The Labute approximate surface area is 104 Å².